The standard InChI is InChI=1S/C26H33F3N4O6/c1-5-8-30-9-11-32-20-12-18(19(26(27,28)29)13-21(20)39-25(4,15-34)23(32)36)22(35)33(16(2)3)17-7-6-10-31(14-17)24(37)38/h12-13,16-17,30,34H,6-7,9-11,14-15H2,1-4H3,(H,37,38)/t17-,25?/m1/s1. The molecule has 0 saturated carbocycles. The Morgan fingerprint density at radius 3 is 2.59 bits per heavy atom. The van der Waals surface area contributed by atoms with E-state index in [1.54, 1.807) is 20.8 Å². The number of carboxylic acid groups (broad SMARTS) is 1. The lowest BCUT2D eigenvalue weighted by atomic mass is 9.96. The van der Waals surface area contributed by atoms with Gasteiger partial charge in [-0.05, 0) is 52.7 Å². The van der Waals surface area contributed by atoms with Crippen LogP contribution in [0.15, 0.2) is 12.1 Å². The normalized spacial score (nSPS) is 21.1. The summed E-state index contributed by atoms with van der Waals surface area (Å²) in [5.74, 6) is 0.705. The number of halogens is 3. The summed E-state index contributed by atoms with van der Waals surface area (Å²) in [6.45, 7) is 5.76. The molecule has 1 saturated heterocycles. The molecule has 0 aromatic heterocycles. The predicted molar refractivity (Wildman–Crippen MR) is 135 cm³/mol. The molecule has 2 heterocycles. The first-order chi connectivity index (χ1) is 18.2. The van der Waals surface area contributed by atoms with Crippen molar-refractivity contribution in [1.29, 1.82) is 0 Å². The molecule has 0 spiro atoms. The number of aliphatic hydroxyl groups is 1. The van der Waals surface area contributed by atoms with Crippen LogP contribution >= 0.6 is 0 Å². The van der Waals surface area contributed by atoms with E-state index in [-0.39, 0.29) is 37.6 Å². The van der Waals surface area contributed by atoms with Crippen LogP contribution in [0.5, 0.6) is 5.75 Å². The van der Waals surface area contributed by atoms with Gasteiger partial charge in [0.25, 0.3) is 11.8 Å². The van der Waals surface area contributed by atoms with Crippen LogP contribution in [-0.2, 0) is 11.0 Å². The van der Waals surface area contributed by atoms with Crippen LogP contribution in [-0.4, -0.2) is 88.4 Å². The molecule has 13 heteroatoms. The van der Waals surface area contributed by atoms with E-state index in [0.29, 0.717) is 18.9 Å². The first-order valence-electron chi connectivity index (χ1n) is 12.6. The average Bonchev–Trinajstić information content (AvgIpc) is 2.87. The van der Waals surface area contributed by atoms with Gasteiger partial charge in [0, 0.05) is 38.3 Å². The number of carbonyl (C=O) groups excluding carboxylic acids is 2. The van der Waals surface area contributed by atoms with Gasteiger partial charge in [-0.1, -0.05) is 5.92 Å². The van der Waals surface area contributed by atoms with Gasteiger partial charge in [0.15, 0.2) is 0 Å². The summed E-state index contributed by atoms with van der Waals surface area (Å²) in [6, 6.07) is 3.11. The van der Waals surface area contributed by atoms with E-state index < -0.39 is 59.5 Å². The van der Waals surface area contributed by atoms with Gasteiger partial charge in [-0.2, -0.15) is 13.2 Å². The molecule has 2 aliphatic rings. The van der Waals surface area contributed by atoms with Crippen LogP contribution in [0.4, 0.5) is 23.7 Å². The number of hydrogen-bond acceptors (Lipinski definition) is 6. The summed E-state index contributed by atoms with van der Waals surface area (Å²) in [6.07, 6.45) is -5.24. The molecule has 1 aromatic rings. The number of anilines is 1. The fraction of sp³-hybridized carbons (Fsp3) is 0.577. The number of carbonyl (C=O) groups is 3. The minimum atomic E-state index is -4.95. The number of fused-ring (bicyclic) bond motifs is 1. The molecule has 3 amide bonds. The summed E-state index contributed by atoms with van der Waals surface area (Å²) < 4.78 is 48.6. The number of aliphatic hydroxyl groups excluding tert-OH is 1. The van der Waals surface area contributed by atoms with Crippen LogP contribution < -0.4 is 15.0 Å². The number of likely N-dealkylation sites (tertiary alicyclic amines) is 1. The second-order valence-corrected chi connectivity index (χ2v) is 9.94. The Labute approximate surface area is 224 Å². The minimum Gasteiger partial charge on any atom is -0.473 e. The van der Waals surface area contributed by atoms with Gasteiger partial charge in [0.05, 0.1) is 29.5 Å². The van der Waals surface area contributed by atoms with Crippen LogP contribution in [0.2, 0.25) is 0 Å². The van der Waals surface area contributed by atoms with E-state index in [0.717, 1.165) is 11.0 Å². The molecule has 1 fully saturated rings. The molecular weight excluding hydrogens is 521 g/mol. The molecule has 10 nitrogen and oxygen atoms in total. The molecule has 3 rings (SSSR count). The van der Waals surface area contributed by atoms with Crippen molar-refractivity contribution in [2.24, 2.45) is 0 Å². The Morgan fingerprint density at radius 1 is 1.33 bits per heavy atom. The zero-order valence-electron chi connectivity index (χ0n) is 22.3. The SMILES string of the molecule is CC#CNCCN1C(=O)C(C)(CO)Oc2cc(C(F)(F)F)c(C(=O)N(C(C)C)[C@@H]3CCCN(C(=O)O)C3)cc21. The number of nitrogens with one attached hydrogen (secondary N) is 1. The van der Waals surface area contributed by atoms with Gasteiger partial charge < -0.3 is 35.0 Å². The maximum atomic E-state index is 14.3. The summed E-state index contributed by atoms with van der Waals surface area (Å²) in [5, 5.41) is 22.0. The van der Waals surface area contributed by atoms with E-state index in [1.807, 2.05) is 0 Å². The van der Waals surface area contributed by atoms with Gasteiger partial charge in [-0.25, -0.2) is 4.79 Å². The lowest BCUT2D eigenvalue weighted by Crippen LogP contribution is -2.57. The van der Waals surface area contributed by atoms with Crippen LogP contribution in [0.25, 0.3) is 0 Å². The molecule has 3 N–H and O–H groups in total. The summed E-state index contributed by atoms with van der Waals surface area (Å²) in [7, 11) is 0. The van der Waals surface area contributed by atoms with E-state index in [4.69, 9.17) is 4.74 Å². The molecule has 1 aromatic carbocycles. The topological polar surface area (TPSA) is 123 Å². The zero-order valence-corrected chi connectivity index (χ0v) is 22.3. The maximum absolute atomic E-state index is 14.3. The van der Waals surface area contributed by atoms with Gasteiger partial charge >= 0.3 is 12.3 Å². The largest absolute Gasteiger partial charge is 0.473 e. The number of ether oxygens (including phenoxy) is 1. The van der Waals surface area contributed by atoms with Crippen LogP contribution in [0.3, 0.4) is 0 Å². The van der Waals surface area contributed by atoms with Gasteiger partial charge in [0.1, 0.15) is 5.75 Å². The lowest BCUT2D eigenvalue weighted by molar-refractivity contribution is -0.139. The summed E-state index contributed by atoms with van der Waals surface area (Å²) in [5.41, 5.74) is -3.82. The molecule has 0 radical (unpaired) electrons. The van der Waals surface area contributed by atoms with Crippen molar-refractivity contribution >= 4 is 23.6 Å². The van der Waals surface area contributed by atoms with E-state index in [2.05, 4.69) is 17.3 Å². The molecular formula is C26H33F3N4O6. The Kier molecular flexibility index (Phi) is 8.90. The van der Waals surface area contributed by atoms with Crippen molar-refractivity contribution in [3.8, 4) is 17.7 Å². The molecule has 0 aliphatic carbocycles. The lowest BCUT2D eigenvalue weighted by Gasteiger charge is -2.42. The molecule has 1 unspecified atom stereocenters. The predicted octanol–water partition coefficient (Wildman–Crippen LogP) is 2.75. The summed E-state index contributed by atoms with van der Waals surface area (Å²) >= 11 is 0. The number of hydrogen-bond donors (Lipinski definition) is 3. The van der Waals surface area contributed by atoms with E-state index in [1.165, 1.54) is 16.7 Å². The van der Waals surface area contributed by atoms with Crippen molar-refractivity contribution in [2.75, 3.05) is 37.7 Å². The highest BCUT2D eigenvalue weighted by molar-refractivity contribution is 6.05. The second kappa shape index (κ2) is 11.6. The first-order valence-corrected chi connectivity index (χ1v) is 12.6. The third-order valence-corrected chi connectivity index (χ3v) is 6.79. The molecule has 2 atom stereocenters. The number of amides is 3. The maximum Gasteiger partial charge on any atom is 0.417 e. The molecule has 2 aliphatic heterocycles. The van der Waals surface area contributed by atoms with Gasteiger partial charge in [0.2, 0.25) is 5.60 Å². The number of nitrogens with zero attached hydrogens (tertiary/aromatic N) is 3. The third kappa shape index (κ3) is 6.16. The highest BCUT2D eigenvalue weighted by atomic mass is 19.4. The summed E-state index contributed by atoms with van der Waals surface area (Å²) in [4.78, 5) is 42.2. The Hall–Kier alpha value is -3.66. The Balaban J connectivity index is 2.14. The quantitative estimate of drug-likeness (QED) is 0.269. The van der Waals surface area contributed by atoms with E-state index in [9.17, 15) is 37.8 Å². The van der Waals surface area contributed by atoms with Crippen molar-refractivity contribution in [3.05, 3.63) is 23.3 Å². The average molecular weight is 555 g/mol. The van der Waals surface area contributed by atoms with Crippen molar-refractivity contribution in [3.63, 3.8) is 0 Å². The number of rotatable bonds is 7. The number of benzene rings is 1. The number of piperidine rings is 1. The van der Waals surface area contributed by atoms with Crippen molar-refractivity contribution in [1.82, 2.24) is 15.1 Å². The Bertz CT molecular complexity index is 1180. The Morgan fingerprint density at radius 2 is 2.03 bits per heavy atom. The fourth-order valence-corrected chi connectivity index (χ4v) is 4.91. The number of alkyl halides is 3. The third-order valence-electron chi connectivity index (χ3n) is 6.79. The van der Waals surface area contributed by atoms with Gasteiger partial charge in [-0.3, -0.25) is 9.59 Å². The zero-order chi connectivity index (χ0) is 29.1. The monoisotopic (exact) mass is 554 g/mol. The highest BCUT2D eigenvalue weighted by Gasteiger charge is 2.47. The minimum absolute atomic E-state index is 0.0252. The second-order valence-electron chi connectivity index (χ2n) is 9.94. The molecule has 39 heavy (non-hydrogen) atoms. The van der Waals surface area contributed by atoms with E-state index >= 15 is 0 Å². The molecule has 214 valence electrons. The van der Waals surface area contributed by atoms with Crippen LogP contribution in [0, 0.1) is 12.0 Å². The first kappa shape index (κ1) is 29.9. The fourth-order valence-electron chi connectivity index (χ4n) is 4.91. The van der Waals surface area contributed by atoms with Crippen molar-refractivity contribution in [2.45, 2.75) is 64.4 Å². The molecule has 0 bridgehead atoms. The van der Waals surface area contributed by atoms with Gasteiger partial charge in [-0.15, -0.1) is 0 Å². The van der Waals surface area contributed by atoms with Crippen LogP contribution in [0.1, 0.15) is 56.5 Å². The highest BCUT2D eigenvalue weighted by Crippen LogP contribution is 2.44. The smallest absolute Gasteiger partial charge is 0.417 e. The van der Waals surface area contributed by atoms with Crippen molar-refractivity contribution < 1.29 is 42.5 Å².